The summed E-state index contributed by atoms with van der Waals surface area (Å²) >= 11 is 0. The topological polar surface area (TPSA) is 135 Å². The lowest BCUT2D eigenvalue weighted by Crippen LogP contribution is -2.08. The molecule has 0 bridgehead atoms. The van der Waals surface area contributed by atoms with Crippen molar-refractivity contribution >= 4 is 12.3 Å². The molecule has 70 valence electrons. The van der Waals surface area contributed by atoms with Crippen molar-refractivity contribution in [1.82, 2.24) is 15.4 Å². The number of aromatic nitrogens is 3. The Balaban J connectivity index is 2.76. The minimum absolute atomic E-state index is 0.491. The zero-order chi connectivity index (χ0) is 9.84. The van der Waals surface area contributed by atoms with Gasteiger partial charge in [-0.1, -0.05) is 10.3 Å². The largest absolute Gasteiger partial charge is 0.512 e. The molecule has 0 radical (unpaired) electrons. The highest BCUT2D eigenvalue weighted by molar-refractivity contribution is 5.64. The van der Waals surface area contributed by atoms with Crippen molar-refractivity contribution < 1.29 is 29.3 Å². The molecule has 0 amide bonds. The van der Waals surface area contributed by atoms with Gasteiger partial charge in [0.05, 0.1) is 0 Å². The first kappa shape index (κ1) is 8.77. The first-order chi connectivity index (χ1) is 6.09. The monoisotopic (exact) mass is 189 g/mol. The third kappa shape index (κ3) is 2.32. The van der Waals surface area contributed by atoms with E-state index in [1.807, 2.05) is 5.10 Å². The highest BCUT2D eigenvalue weighted by Crippen LogP contribution is 2.19. The van der Waals surface area contributed by atoms with Crippen molar-refractivity contribution in [2.45, 2.75) is 0 Å². The van der Waals surface area contributed by atoms with Crippen LogP contribution in [-0.2, 0) is 0 Å². The molecule has 9 heteroatoms. The Kier molecular flexibility index (Phi) is 2.28. The Hall–Kier alpha value is -2.32. The molecule has 1 aromatic heterocycles. The molecular weight excluding hydrogens is 186 g/mol. The lowest BCUT2D eigenvalue weighted by atomic mass is 10.8. The molecule has 0 atom stereocenters. The van der Waals surface area contributed by atoms with Crippen molar-refractivity contribution in [2.24, 2.45) is 0 Å². The zero-order valence-corrected chi connectivity index (χ0v) is 5.92. The second-order valence-corrected chi connectivity index (χ2v) is 1.68. The summed E-state index contributed by atoms with van der Waals surface area (Å²) in [6.07, 6.45) is -3.29. The highest BCUT2D eigenvalue weighted by Gasteiger charge is 2.16. The minimum Gasteiger partial charge on any atom is -0.449 e. The number of rotatable bonds is 2. The standard InChI is InChI=1S/C4H3N3O6/c8-3(9)12-1-2(6-7-5-1)13-4(10)11/h(H,8,9)(H,10,11)(H,5,6,7). The molecule has 0 aliphatic rings. The van der Waals surface area contributed by atoms with E-state index in [4.69, 9.17) is 10.2 Å². The lowest BCUT2D eigenvalue weighted by molar-refractivity contribution is 0.130. The van der Waals surface area contributed by atoms with Gasteiger partial charge >= 0.3 is 18.2 Å². The van der Waals surface area contributed by atoms with Gasteiger partial charge in [0, 0.05) is 0 Å². The first-order valence-corrected chi connectivity index (χ1v) is 2.82. The summed E-state index contributed by atoms with van der Waals surface area (Å²) < 4.78 is 8.04. The first-order valence-electron chi connectivity index (χ1n) is 2.82. The summed E-state index contributed by atoms with van der Waals surface area (Å²) in [4.78, 5) is 20.0. The van der Waals surface area contributed by atoms with Crippen molar-refractivity contribution in [3.05, 3.63) is 0 Å². The number of aromatic amines is 1. The summed E-state index contributed by atoms with van der Waals surface area (Å²) in [5.41, 5.74) is 0. The smallest absolute Gasteiger partial charge is 0.449 e. The van der Waals surface area contributed by atoms with Crippen LogP contribution in [0.25, 0.3) is 0 Å². The van der Waals surface area contributed by atoms with E-state index < -0.39 is 24.1 Å². The molecule has 0 fully saturated rings. The number of hydrogen-bond acceptors (Lipinski definition) is 6. The van der Waals surface area contributed by atoms with Crippen LogP contribution in [0.4, 0.5) is 9.59 Å². The fraction of sp³-hybridized carbons (Fsp3) is 0. The van der Waals surface area contributed by atoms with Gasteiger partial charge in [0.25, 0.3) is 5.88 Å². The van der Waals surface area contributed by atoms with E-state index in [0.717, 1.165) is 0 Å². The second kappa shape index (κ2) is 3.38. The molecule has 0 unspecified atom stereocenters. The van der Waals surface area contributed by atoms with Crippen LogP contribution in [0.15, 0.2) is 0 Å². The molecule has 13 heavy (non-hydrogen) atoms. The number of nitrogens with one attached hydrogen (secondary N) is 1. The van der Waals surface area contributed by atoms with Gasteiger partial charge in [0.1, 0.15) is 0 Å². The molecule has 0 spiro atoms. The maximum atomic E-state index is 10.0. The fourth-order valence-electron chi connectivity index (χ4n) is 0.512. The fourth-order valence-corrected chi connectivity index (χ4v) is 0.512. The maximum absolute atomic E-state index is 10.0. The Morgan fingerprint density at radius 1 is 1.23 bits per heavy atom. The van der Waals surface area contributed by atoms with Gasteiger partial charge in [-0.3, -0.25) is 0 Å². The number of H-pyrrole nitrogens is 1. The normalized spacial score (nSPS) is 9.23. The predicted molar refractivity (Wildman–Crippen MR) is 33.7 cm³/mol. The molecule has 1 aromatic rings. The molecule has 0 aromatic carbocycles. The van der Waals surface area contributed by atoms with E-state index in [0.29, 0.717) is 0 Å². The second-order valence-electron chi connectivity index (χ2n) is 1.68. The zero-order valence-electron chi connectivity index (χ0n) is 5.92. The van der Waals surface area contributed by atoms with E-state index in [-0.39, 0.29) is 0 Å². The van der Waals surface area contributed by atoms with Crippen LogP contribution in [0.2, 0.25) is 0 Å². The summed E-state index contributed by atoms with van der Waals surface area (Å²) in [5, 5.41) is 24.5. The Bertz CT molecular complexity index is 302. The Labute approximate surface area is 69.9 Å². The van der Waals surface area contributed by atoms with Gasteiger partial charge in [0.15, 0.2) is 0 Å². The lowest BCUT2D eigenvalue weighted by Gasteiger charge is -1.96. The molecule has 0 aliphatic carbocycles. The van der Waals surface area contributed by atoms with Gasteiger partial charge in [-0.2, -0.15) is 0 Å². The molecule has 9 nitrogen and oxygen atoms in total. The predicted octanol–water partition coefficient (Wildman–Crippen LogP) is -0.0817. The van der Waals surface area contributed by atoms with Gasteiger partial charge in [-0.25, -0.2) is 14.7 Å². The van der Waals surface area contributed by atoms with Crippen LogP contribution in [0, 0.1) is 0 Å². The van der Waals surface area contributed by atoms with Crippen LogP contribution >= 0.6 is 0 Å². The number of ether oxygens (including phenoxy) is 2. The molecule has 0 aliphatic heterocycles. The third-order valence-electron chi connectivity index (χ3n) is 0.860. The van der Waals surface area contributed by atoms with Crippen molar-refractivity contribution in [2.75, 3.05) is 0 Å². The number of nitrogens with zero attached hydrogens (tertiary/aromatic N) is 2. The van der Waals surface area contributed by atoms with Crippen molar-refractivity contribution in [3.63, 3.8) is 0 Å². The van der Waals surface area contributed by atoms with Crippen LogP contribution in [0.3, 0.4) is 0 Å². The molecular formula is C4H3N3O6. The van der Waals surface area contributed by atoms with Crippen LogP contribution in [0.5, 0.6) is 11.8 Å². The van der Waals surface area contributed by atoms with Gasteiger partial charge < -0.3 is 19.7 Å². The summed E-state index contributed by atoms with van der Waals surface area (Å²) in [6.45, 7) is 0. The third-order valence-corrected chi connectivity index (χ3v) is 0.860. The van der Waals surface area contributed by atoms with Gasteiger partial charge in [-0.05, 0) is 0 Å². The molecule has 1 heterocycles. The van der Waals surface area contributed by atoms with E-state index in [1.165, 1.54) is 0 Å². The van der Waals surface area contributed by atoms with Crippen molar-refractivity contribution in [3.8, 4) is 11.8 Å². The van der Waals surface area contributed by atoms with E-state index >= 15 is 0 Å². The minimum atomic E-state index is -1.65. The van der Waals surface area contributed by atoms with Crippen LogP contribution < -0.4 is 9.47 Å². The quantitative estimate of drug-likeness (QED) is 0.549. The number of carbonyl (C=O) groups is 2. The van der Waals surface area contributed by atoms with E-state index in [2.05, 4.69) is 19.8 Å². The van der Waals surface area contributed by atoms with Crippen LogP contribution in [-0.4, -0.2) is 37.9 Å². The Morgan fingerprint density at radius 2 is 1.85 bits per heavy atom. The summed E-state index contributed by atoms with van der Waals surface area (Å²) in [5.74, 6) is -1.05. The number of carboxylic acid groups (broad SMARTS) is 2. The van der Waals surface area contributed by atoms with E-state index in [9.17, 15) is 9.59 Å². The average molecular weight is 189 g/mol. The summed E-state index contributed by atoms with van der Waals surface area (Å²) in [6, 6.07) is 0. The molecule has 3 N–H and O–H groups in total. The van der Waals surface area contributed by atoms with Gasteiger partial charge in [0.2, 0.25) is 0 Å². The molecule has 0 saturated carbocycles. The Morgan fingerprint density at radius 3 is 2.38 bits per heavy atom. The van der Waals surface area contributed by atoms with Gasteiger partial charge in [-0.15, -0.1) is 0 Å². The van der Waals surface area contributed by atoms with Crippen LogP contribution in [0.1, 0.15) is 0 Å². The molecule has 1 rings (SSSR count). The molecule has 0 saturated heterocycles. The average Bonchev–Trinajstić information content (AvgIpc) is 2.34. The maximum Gasteiger partial charge on any atom is 0.512 e. The highest BCUT2D eigenvalue weighted by atomic mass is 16.7. The van der Waals surface area contributed by atoms with Crippen molar-refractivity contribution in [1.29, 1.82) is 0 Å². The van der Waals surface area contributed by atoms with E-state index in [1.54, 1.807) is 0 Å². The number of hydrogen-bond donors (Lipinski definition) is 3. The SMILES string of the molecule is O=C(O)Oc1nn[nH]c1OC(=O)O. The summed E-state index contributed by atoms with van der Waals surface area (Å²) in [7, 11) is 0.